The maximum absolute atomic E-state index is 2.48. The fourth-order valence-corrected chi connectivity index (χ4v) is 2.50. The number of allylic oxidation sites excluding steroid dienone is 2. The average molecular weight is 224 g/mol. The molecule has 96 valence electrons. The Bertz CT molecular complexity index is 188. The summed E-state index contributed by atoms with van der Waals surface area (Å²) in [5, 5.41) is 0. The summed E-state index contributed by atoms with van der Waals surface area (Å²) in [6, 6.07) is 0. The monoisotopic (exact) mass is 224 g/mol. The first-order chi connectivity index (χ1) is 7.45. The van der Waals surface area contributed by atoms with Crippen LogP contribution in [0.25, 0.3) is 0 Å². The standard InChI is InChI=1S/C16H32/c1-7-8-14(4)12-16(6)10-9-15(5)11-13(2)3/h12-15H,7-11H2,1-6H3. The summed E-state index contributed by atoms with van der Waals surface area (Å²) in [4.78, 5) is 0. The van der Waals surface area contributed by atoms with Gasteiger partial charge in [-0.3, -0.25) is 0 Å². The summed E-state index contributed by atoms with van der Waals surface area (Å²) in [6.07, 6.45) is 9.14. The highest BCUT2D eigenvalue weighted by Crippen LogP contribution is 2.20. The Morgan fingerprint density at radius 3 is 2.19 bits per heavy atom. The van der Waals surface area contributed by atoms with Gasteiger partial charge in [0.25, 0.3) is 0 Å². The van der Waals surface area contributed by atoms with E-state index in [0.717, 1.165) is 17.8 Å². The largest absolute Gasteiger partial charge is 0.0828 e. The molecule has 0 spiro atoms. The molecule has 2 unspecified atom stereocenters. The van der Waals surface area contributed by atoms with Crippen molar-refractivity contribution in [2.45, 2.75) is 73.6 Å². The number of hydrogen-bond donors (Lipinski definition) is 0. The van der Waals surface area contributed by atoms with Crippen LogP contribution in [0.1, 0.15) is 73.6 Å². The third-order valence-electron chi connectivity index (χ3n) is 3.22. The third kappa shape index (κ3) is 9.00. The van der Waals surface area contributed by atoms with E-state index < -0.39 is 0 Å². The summed E-state index contributed by atoms with van der Waals surface area (Å²) in [6.45, 7) is 13.9. The normalized spacial score (nSPS) is 16.6. The second-order valence-electron chi connectivity index (χ2n) is 6.05. The summed E-state index contributed by atoms with van der Waals surface area (Å²) >= 11 is 0. The van der Waals surface area contributed by atoms with Crippen LogP contribution in [0.4, 0.5) is 0 Å². The Morgan fingerprint density at radius 2 is 1.69 bits per heavy atom. The van der Waals surface area contributed by atoms with Crippen LogP contribution in [0.3, 0.4) is 0 Å². The van der Waals surface area contributed by atoms with Gasteiger partial charge in [0.2, 0.25) is 0 Å². The molecule has 0 fully saturated rings. The van der Waals surface area contributed by atoms with Crippen LogP contribution in [0.5, 0.6) is 0 Å². The van der Waals surface area contributed by atoms with Crippen molar-refractivity contribution in [2.24, 2.45) is 17.8 Å². The molecule has 0 saturated heterocycles. The first-order valence-corrected chi connectivity index (χ1v) is 7.13. The molecule has 0 heterocycles. The molecule has 0 heteroatoms. The van der Waals surface area contributed by atoms with Gasteiger partial charge in [-0.1, -0.05) is 52.7 Å². The predicted octanol–water partition coefficient (Wildman–Crippen LogP) is 5.83. The molecule has 0 aromatic carbocycles. The molecule has 0 aromatic rings. The summed E-state index contributed by atoms with van der Waals surface area (Å²) < 4.78 is 0. The molecule has 0 N–H and O–H groups in total. The lowest BCUT2D eigenvalue weighted by Crippen LogP contribution is -2.00. The fourth-order valence-electron chi connectivity index (χ4n) is 2.50. The first kappa shape index (κ1) is 15.7. The zero-order valence-electron chi connectivity index (χ0n) is 12.3. The highest BCUT2D eigenvalue weighted by Gasteiger charge is 2.05. The van der Waals surface area contributed by atoms with Gasteiger partial charge in [0.15, 0.2) is 0 Å². The molecule has 0 aliphatic heterocycles. The van der Waals surface area contributed by atoms with Gasteiger partial charge in [0.05, 0.1) is 0 Å². The third-order valence-corrected chi connectivity index (χ3v) is 3.22. The van der Waals surface area contributed by atoms with Crippen LogP contribution in [0.2, 0.25) is 0 Å². The Labute approximate surface area is 104 Å². The van der Waals surface area contributed by atoms with Gasteiger partial charge in [-0.25, -0.2) is 0 Å². The highest BCUT2D eigenvalue weighted by atomic mass is 14.1. The van der Waals surface area contributed by atoms with Crippen molar-refractivity contribution in [3.05, 3.63) is 11.6 Å². The van der Waals surface area contributed by atoms with Crippen molar-refractivity contribution in [1.82, 2.24) is 0 Å². The predicted molar refractivity (Wildman–Crippen MR) is 75.7 cm³/mol. The van der Waals surface area contributed by atoms with Crippen molar-refractivity contribution in [2.75, 3.05) is 0 Å². The summed E-state index contributed by atoms with van der Waals surface area (Å²) in [7, 11) is 0. The lowest BCUT2D eigenvalue weighted by atomic mass is 9.92. The molecule has 0 aliphatic rings. The Balaban J connectivity index is 3.82. The van der Waals surface area contributed by atoms with Gasteiger partial charge < -0.3 is 0 Å². The Hall–Kier alpha value is -0.260. The van der Waals surface area contributed by atoms with E-state index in [4.69, 9.17) is 0 Å². The molecule has 2 atom stereocenters. The lowest BCUT2D eigenvalue weighted by Gasteiger charge is -2.14. The smallest absolute Gasteiger partial charge is 0.0259 e. The Morgan fingerprint density at radius 1 is 1.06 bits per heavy atom. The van der Waals surface area contributed by atoms with Gasteiger partial charge >= 0.3 is 0 Å². The van der Waals surface area contributed by atoms with Crippen molar-refractivity contribution < 1.29 is 0 Å². The van der Waals surface area contributed by atoms with Gasteiger partial charge in [0.1, 0.15) is 0 Å². The minimum atomic E-state index is 0.769. The Kier molecular flexibility index (Phi) is 8.70. The SMILES string of the molecule is CCCC(C)C=C(C)CCC(C)CC(C)C. The lowest BCUT2D eigenvalue weighted by molar-refractivity contribution is 0.414. The van der Waals surface area contributed by atoms with Crippen LogP contribution < -0.4 is 0 Å². The van der Waals surface area contributed by atoms with Crippen LogP contribution in [-0.4, -0.2) is 0 Å². The van der Waals surface area contributed by atoms with E-state index in [2.05, 4.69) is 47.6 Å². The van der Waals surface area contributed by atoms with Crippen molar-refractivity contribution in [3.8, 4) is 0 Å². The topological polar surface area (TPSA) is 0 Å². The van der Waals surface area contributed by atoms with E-state index >= 15 is 0 Å². The molecule has 0 saturated carbocycles. The molecular weight excluding hydrogens is 192 g/mol. The fraction of sp³-hybridized carbons (Fsp3) is 0.875. The highest BCUT2D eigenvalue weighted by molar-refractivity contribution is 5.00. The van der Waals surface area contributed by atoms with Crippen molar-refractivity contribution >= 4 is 0 Å². The van der Waals surface area contributed by atoms with Crippen molar-refractivity contribution in [1.29, 1.82) is 0 Å². The van der Waals surface area contributed by atoms with Gasteiger partial charge in [-0.2, -0.15) is 0 Å². The van der Waals surface area contributed by atoms with Crippen molar-refractivity contribution in [3.63, 3.8) is 0 Å². The molecule has 0 aliphatic carbocycles. The van der Waals surface area contributed by atoms with Gasteiger partial charge in [0, 0.05) is 0 Å². The second kappa shape index (κ2) is 8.84. The maximum Gasteiger partial charge on any atom is -0.0259 e. The first-order valence-electron chi connectivity index (χ1n) is 7.13. The van der Waals surface area contributed by atoms with E-state index in [1.165, 1.54) is 32.1 Å². The molecule has 0 radical (unpaired) electrons. The van der Waals surface area contributed by atoms with Crippen LogP contribution >= 0.6 is 0 Å². The van der Waals surface area contributed by atoms with Crippen LogP contribution in [0, 0.1) is 17.8 Å². The molecule has 0 amide bonds. The summed E-state index contributed by atoms with van der Waals surface area (Å²) in [5.74, 6) is 2.49. The zero-order chi connectivity index (χ0) is 12.6. The average Bonchev–Trinajstić information content (AvgIpc) is 2.14. The molecule has 0 rings (SSSR count). The molecule has 0 nitrogen and oxygen atoms in total. The minimum absolute atomic E-state index is 0.769. The zero-order valence-corrected chi connectivity index (χ0v) is 12.3. The van der Waals surface area contributed by atoms with E-state index in [1.807, 2.05) is 0 Å². The quantitative estimate of drug-likeness (QED) is 0.455. The number of rotatable bonds is 8. The summed E-state index contributed by atoms with van der Waals surface area (Å²) in [5.41, 5.74) is 1.59. The van der Waals surface area contributed by atoms with Gasteiger partial charge in [-0.15, -0.1) is 0 Å². The van der Waals surface area contributed by atoms with E-state index in [1.54, 1.807) is 5.57 Å². The van der Waals surface area contributed by atoms with Crippen LogP contribution in [-0.2, 0) is 0 Å². The minimum Gasteiger partial charge on any atom is -0.0828 e. The van der Waals surface area contributed by atoms with Gasteiger partial charge in [-0.05, 0) is 50.4 Å². The van der Waals surface area contributed by atoms with E-state index in [9.17, 15) is 0 Å². The molecule has 0 aromatic heterocycles. The maximum atomic E-state index is 2.48. The van der Waals surface area contributed by atoms with E-state index in [0.29, 0.717) is 0 Å². The van der Waals surface area contributed by atoms with E-state index in [-0.39, 0.29) is 0 Å². The second-order valence-corrected chi connectivity index (χ2v) is 6.05. The molecular formula is C16H32. The number of hydrogen-bond acceptors (Lipinski definition) is 0. The molecule has 16 heavy (non-hydrogen) atoms. The van der Waals surface area contributed by atoms with Crippen LogP contribution in [0.15, 0.2) is 11.6 Å². The molecule has 0 bridgehead atoms.